The minimum absolute atomic E-state index is 0.0230. The third-order valence-corrected chi connectivity index (χ3v) is 6.85. The van der Waals surface area contributed by atoms with Gasteiger partial charge in [-0.3, -0.25) is 10.5 Å². The number of nitrogens with two attached hydrogens (primary N) is 1. The first-order valence-electron chi connectivity index (χ1n) is 13.0. The molecule has 2 aliphatic rings. The van der Waals surface area contributed by atoms with Crippen LogP contribution in [0.2, 0.25) is 0 Å². The summed E-state index contributed by atoms with van der Waals surface area (Å²) in [7, 11) is 0. The van der Waals surface area contributed by atoms with Gasteiger partial charge in [0.25, 0.3) is 0 Å². The zero-order valence-electron chi connectivity index (χ0n) is 21.8. The van der Waals surface area contributed by atoms with Crippen molar-refractivity contribution in [3.8, 4) is 28.7 Å². The predicted molar refractivity (Wildman–Crippen MR) is 140 cm³/mol. The molecule has 10 nitrogen and oxygen atoms in total. The quantitative estimate of drug-likeness (QED) is 0.243. The summed E-state index contributed by atoms with van der Waals surface area (Å²) < 4.78 is 36.7. The molecule has 1 aliphatic carbocycles. The highest BCUT2D eigenvalue weighted by Gasteiger charge is 2.42. The summed E-state index contributed by atoms with van der Waals surface area (Å²) >= 11 is 0. The molecule has 1 saturated heterocycles. The summed E-state index contributed by atoms with van der Waals surface area (Å²) in [5.74, 6) is -0.537. The molecular formula is C28H32FN5O5. The number of carbonyl (C=O) groups excluding carboxylic acids is 1. The number of carbonyl (C=O) groups is 1. The number of rotatable bonds is 8. The van der Waals surface area contributed by atoms with Gasteiger partial charge in [-0.2, -0.15) is 4.98 Å². The van der Waals surface area contributed by atoms with E-state index in [1.165, 1.54) is 24.6 Å². The summed E-state index contributed by atoms with van der Waals surface area (Å²) in [6.45, 7) is 5.24. The van der Waals surface area contributed by atoms with E-state index in [9.17, 15) is 9.18 Å². The second-order valence-electron chi connectivity index (χ2n) is 10.1. The number of aromatic nitrogens is 4. The lowest BCUT2D eigenvalue weighted by Gasteiger charge is -2.35. The molecule has 2 fully saturated rings. The molecule has 1 aliphatic heterocycles. The molecule has 1 unspecified atom stereocenters. The van der Waals surface area contributed by atoms with Gasteiger partial charge in [0.1, 0.15) is 17.3 Å². The fourth-order valence-corrected chi connectivity index (χ4v) is 4.57. The van der Waals surface area contributed by atoms with Gasteiger partial charge in [-0.1, -0.05) is 13.0 Å². The van der Waals surface area contributed by atoms with Gasteiger partial charge in [-0.05, 0) is 69.0 Å². The van der Waals surface area contributed by atoms with Crippen LogP contribution >= 0.6 is 0 Å². The highest BCUT2D eigenvalue weighted by atomic mass is 19.1. The van der Waals surface area contributed by atoms with Crippen molar-refractivity contribution >= 4 is 5.97 Å². The van der Waals surface area contributed by atoms with Gasteiger partial charge < -0.3 is 23.9 Å². The number of H-pyrrole nitrogens is 1. The van der Waals surface area contributed by atoms with E-state index >= 15 is 0 Å². The van der Waals surface area contributed by atoms with Crippen molar-refractivity contribution in [3.63, 3.8) is 0 Å². The van der Waals surface area contributed by atoms with Crippen molar-refractivity contribution in [2.75, 3.05) is 13.2 Å². The number of imidazole rings is 1. The molecule has 1 saturated carbocycles. The monoisotopic (exact) mass is 537 g/mol. The van der Waals surface area contributed by atoms with Crippen LogP contribution in [-0.2, 0) is 19.0 Å². The number of hydrogen-bond donors (Lipinski definition) is 2. The van der Waals surface area contributed by atoms with Crippen molar-refractivity contribution in [3.05, 3.63) is 60.8 Å². The lowest BCUT2D eigenvalue weighted by atomic mass is 9.92. The number of hydrogen-bond acceptors (Lipinski definition) is 9. The molecular weight excluding hydrogens is 505 g/mol. The van der Waals surface area contributed by atoms with Crippen LogP contribution in [0.3, 0.4) is 0 Å². The van der Waals surface area contributed by atoms with Crippen LogP contribution in [0.1, 0.15) is 51.1 Å². The maximum atomic E-state index is 13.7. The second-order valence-corrected chi connectivity index (χ2v) is 10.1. The smallest absolute Gasteiger partial charge is 0.318 e. The average Bonchev–Trinajstić information content (AvgIpc) is 3.40. The van der Waals surface area contributed by atoms with E-state index in [2.05, 4.69) is 21.5 Å². The van der Waals surface area contributed by atoms with Gasteiger partial charge in [0, 0.05) is 11.8 Å². The van der Waals surface area contributed by atoms with Crippen molar-refractivity contribution < 1.29 is 28.1 Å². The predicted octanol–water partition coefficient (Wildman–Crippen LogP) is 4.45. The number of aromatic amines is 1. The SMILES string of the molecule is C=CC(N)OC(=O)C1(C)COC(c2nc(-c3ccc(F)cc3)c(-c3ccnc(OC4CCCCC4)n3)[nH]2)OC1. The summed E-state index contributed by atoms with van der Waals surface area (Å²) in [6, 6.07) is 8.04. The highest BCUT2D eigenvalue weighted by molar-refractivity contribution is 5.78. The first-order valence-corrected chi connectivity index (χ1v) is 13.0. The van der Waals surface area contributed by atoms with Crippen LogP contribution in [-0.4, -0.2) is 51.5 Å². The van der Waals surface area contributed by atoms with Gasteiger partial charge >= 0.3 is 12.0 Å². The van der Waals surface area contributed by atoms with Crippen molar-refractivity contribution in [1.29, 1.82) is 0 Å². The zero-order valence-corrected chi connectivity index (χ0v) is 21.8. The third-order valence-electron chi connectivity index (χ3n) is 6.85. The van der Waals surface area contributed by atoms with Crippen LogP contribution in [0.25, 0.3) is 22.6 Å². The Bertz CT molecular complexity index is 1300. The molecule has 1 aromatic carbocycles. The van der Waals surface area contributed by atoms with Crippen molar-refractivity contribution in [2.24, 2.45) is 11.1 Å². The molecule has 0 radical (unpaired) electrons. The fourth-order valence-electron chi connectivity index (χ4n) is 4.57. The number of benzene rings is 1. The molecule has 3 aromatic rings. The molecule has 2 aromatic heterocycles. The summed E-state index contributed by atoms with van der Waals surface area (Å²) in [5, 5.41) is 0. The number of nitrogens with one attached hydrogen (secondary N) is 1. The lowest BCUT2D eigenvalue weighted by Crippen LogP contribution is -2.45. The molecule has 0 amide bonds. The highest BCUT2D eigenvalue weighted by Crippen LogP contribution is 2.36. The maximum absolute atomic E-state index is 13.7. The van der Waals surface area contributed by atoms with E-state index in [0.29, 0.717) is 28.5 Å². The van der Waals surface area contributed by atoms with Gasteiger partial charge in [-0.25, -0.2) is 14.4 Å². The fraction of sp³-hybridized carbons (Fsp3) is 0.429. The maximum Gasteiger partial charge on any atom is 0.318 e. The molecule has 206 valence electrons. The Balaban J connectivity index is 1.41. The van der Waals surface area contributed by atoms with Crippen LogP contribution in [0.15, 0.2) is 49.2 Å². The Hall–Kier alpha value is -3.67. The number of esters is 1. The van der Waals surface area contributed by atoms with Gasteiger partial charge in [0.15, 0.2) is 12.1 Å². The molecule has 11 heteroatoms. The minimum atomic E-state index is -1.05. The molecule has 0 spiro atoms. The molecule has 0 bridgehead atoms. The standard InChI is InChI=1S/C28H32FN5O5/c1-3-21(30)39-26(35)28(2)15-36-25(37-16-28)24-33-22(17-9-11-18(29)12-10-17)23(34-24)20-13-14-31-27(32-20)38-19-7-5-4-6-8-19/h3,9-14,19,21,25H,1,4-8,15-16,30H2,2H3,(H,33,34). The van der Waals surface area contributed by atoms with E-state index in [0.717, 1.165) is 25.7 Å². The Morgan fingerprint density at radius 1 is 1.18 bits per heavy atom. The first kappa shape index (κ1) is 26.9. The summed E-state index contributed by atoms with van der Waals surface area (Å²) in [4.78, 5) is 29.5. The van der Waals surface area contributed by atoms with Crippen molar-refractivity contribution in [1.82, 2.24) is 19.9 Å². The van der Waals surface area contributed by atoms with Crippen LogP contribution in [0.5, 0.6) is 6.01 Å². The average molecular weight is 538 g/mol. The Kier molecular flexibility index (Phi) is 8.01. The Labute approximate surface area is 225 Å². The summed E-state index contributed by atoms with van der Waals surface area (Å²) in [6.07, 6.45) is 6.67. The zero-order chi connectivity index (χ0) is 27.4. The normalized spacial score (nSPS) is 22.7. The number of halogens is 1. The Morgan fingerprint density at radius 3 is 2.59 bits per heavy atom. The van der Waals surface area contributed by atoms with Gasteiger partial charge in [0.05, 0.1) is 30.3 Å². The Morgan fingerprint density at radius 2 is 1.90 bits per heavy atom. The second kappa shape index (κ2) is 11.6. The molecule has 1 atom stereocenters. The van der Waals surface area contributed by atoms with Crippen LogP contribution in [0.4, 0.5) is 4.39 Å². The van der Waals surface area contributed by atoms with E-state index in [-0.39, 0.29) is 31.1 Å². The van der Waals surface area contributed by atoms with Crippen molar-refractivity contribution in [2.45, 2.75) is 57.6 Å². The van der Waals surface area contributed by atoms with E-state index in [1.54, 1.807) is 31.3 Å². The molecule has 3 N–H and O–H groups in total. The van der Waals surface area contributed by atoms with Gasteiger partial charge in [-0.15, -0.1) is 0 Å². The minimum Gasteiger partial charge on any atom is -0.460 e. The van der Waals surface area contributed by atoms with Crippen LogP contribution in [0, 0.1) is 11.2 Å². The van der Waals surface area contributed by atoms with E-state index in [4.69, 9.17) is 29.7 Å². The molecule has 3 heterocycles. The largest absolute Gasteiger partial charge is 0.460 e. The molecule has 39 heavy (non-hydrogen) atoms. The number of nitrogens with zero attached hydrogens (tertiary/aromatic N) is 3. The third kappa shape index (κ3) is 6.16. The van der Waals surface area contributed by atoms with E-state index in [1.807, 2.05) is 0 Å². The van der Waals surface area contributed by atoms with Gasteiger partial charge in [0.2, 0.25) is 6.29 Å². The first-order chi connectivity index (χ1) is 18.8. The lowest BCUT2D eigenvalue weighted by molar-refractivity contribution is -0.239. The number of ether oxygens (including phenoxy) is 4. The summed E-state index contributed by atoms with van der Waals surface area (Å²) in [5.41, 5.74) is 6.94. The van der Waals surface area contributed by atoms with E-state index < -0.39 is 23.9 Å². The van der Waals surface area contributed by atoms with Crippen LogP contribution < -0.4 is 10.5 Å². The topological polar surface area (TPSA) is 134 Å². The molecule has 5 rings (SSSR count).